The molecule has 4 atom stereocenters. The number of rotatable bonds is 14. The topological polar surface area (TPSA) is 46.5 Å². The molecule has 1 N–H and O–H groups in total. The maximum atomic E-state index is 11.7. The van der Waals surface area contributed by atoms with Gasteiger partial charge in [0.2, 0.25) is 0 Å². The maximum absolute atomic E-state index is 11.7. The molecule has 0 aromatic carbocycles. The second kappa shape index (κ2) is 11.9. The molecule has 0 unspecified atom stereocenters. The molecule has 2 aliphatic rings. The molecule has 0 aliphatic heterocycles. The molecule has 2 bridgehead atoms. The number of hydrogen-bond acceptors (Lipinski definition) is 3. The minimum atomic E-state index is -2.29. The van der Waals surface area contributed by atoms with Crippen molar-refractivity contribution in [1.82, 2.24) is 0 Å². The summed E-state index contributed by atoms with van der Waals surface area (Å²) >= 11 is -2.29. The Labute approximate surface area is 196 Å². The van der Waals surface area contributed by atoms with Crippen LogP contribution in [0.25, 0.3) is 0 Å². The van der Waals surface area contributed by atoms with Crippen molar-refractivity contribution in [3.63, 3.8) is 0 Å². The zero-order valence-electron chi connectivity index (χ0n) is 21.3. The summed E-state index contributed by atoms with van der Waals surface area (Å²) in [4.78, 5) is 11.7. The molecule has 0 aromatic heterocycles. The number of allylic oxidation sites excluding steroid dienone is 2. The summed E-state index contributed by atoms with van der Waals surface area (Å²) in [6, 6.07) is 0. The molecule has 4 heteroatoms. The number of ether oxygens (including phenoxy) is 1. The molecule has 0 radical (unpaired) electrons. The Morgan fingerprint density at radius 3 is 2.10 bits per heavy atom. The van der Waals surface area contributed by atoms with Crippen LogP contribution in [-0.4, -0.2) is 41.7 Å². The zero-order chi connectivity index (χ0) is 23.1. The molecular weight excluding hydrogens is 491 g/mol. The fourth-order valence-corrected chi connectivity index (χ4v) is 24.9. The van der Waals surface area contributed by atoms with E-state index in [1.54, 1.807) is 13.3 Å². The van der Waals surface area contributed by atoms with E-state index in [9.17, 15) is 9.90 Å². The van der Waals surface area contributed by atoms with Gasteiger partial charge in [-0.1, -0.05) is 0 Å². The Morgan fingerprint density at radius 2 is 1.65 bits per heavy atom. The van der Waals surface area contributed by atoms with E-state index < -0.39 is 24.0 Å². The first-order chi connectivity index (χ1) is 14.6. The molecule has 1 saturated carbocycles. The molecule has 2 aliphatic carbocycles. The van der Waals surface area contributed by atoms with Crippen LogP contribution in [0.15, 0.2) is 12.2 Å². The third-order valence-corrected chi connectivity index (χ3v) is 24.4. The van der Waals surface area contributed by atoms with Crippen LogP contribution in [0.3, 0.4) is 0 Å². The fraction of sp³-hybridized carbons (Fsp3) is 0.889. The van der Waals surface area contributed by atoms with Crippen LogP contribution >= 0.6 is 0 Å². The van der Waals surface area contributed by atoms with Crippen LogP contribution in [0, 0.1) is 23.2 Å². The van der Waals surface area contributed by atoms with Crippen molar-refractivity contribution in [2.45, 2.75) is 116 Å². The van der Waals surface area contributed by atoms with Gasteiger partial charge in [-0.3, -0.25) is 0 Å². The van der Waals surface area contributed by atoms with E-state index in [1.807, 2.05) is 13.8 Å². The first kappa shape index (κ1) is 27.2. The van der Waals surface area contributed by atoms with Crippen LogP contribution in [0.4, 0.5) is 0 Å². The van der Waals surface area contributed by atoms with E-state index in [0.717, 1.165) is 12.8 Å². The zero-order valence-corrected chi connectivity index (χ0v) is 24.2. The van der Waals surface area contributed by atoms with Crippen molar-refractivity contribution < 1.29 is 14.6 Å². The van der Waals surface area contributed by atoms with E-state index in [-0.39, 0.29) is 17.3 Å². The number of aliphatic hydroxyl groups is 1. The number of fused-ring (bicyclic) bond motifs is 2. The van der Waals surface area contributed by atoms with Gasteiger partial charge >= 0.3 is 197 Å². The van der Waals surface area contributed by atoms with Crippen molar-refractivity contribution >= 4 is 24.3 Å². The summed E-state index contributed by atoms with van der Waals surface area (Å²) in [7, 11) is 0. The predicted molar refractivity (Wildman–Crippen MR) is 134 cm³/mol. The molecular formula is C27H50O3Sn. The van der Waals surface area contributed by atoms with Gasteiger partial charge in [0.15, 0.2) is 0 Å². The second-order valence-corrected chi connectivity index (χ2v) is 25.5. The Kier molecular flexibility index (Phi) is 10.4. The summed E-state index contributed by atoms with van der Waals surface area (Å²) in [5, 5.41) is 11.2. The van der Waals surface area contributed by atoms with Gasteiger partial charge in [0.25, 0.3) is 0 Å². The Hall–Kier alpha value is -0.0313. The monoisotopic (exact) mass is 542 g/mol. The number of esters is 1. The minimum absolute atomic E-state index is 0.0914. The molecule has 180 valence electrons. The molecule has 0 heterocycles. The fourth-order valence-electron chi connectivity index (χ4n) is 7.18. The van der Waals surface area contributed by atoms with Gasteiger partial charge in [0.05, 0.1) is 0 Å². The molecule has 31 heavy (non-hydrogen) atoms. The van der Waals surface area contributed by atoms with Crippen molar-refractivity contribution in [3.8, 4) is 0 Å². The second-order valence-electron chi connectivity index (χ2n) is 11.5. The third kappa shape index (κ3) is 6.98. The number of hydrogen-bond donors (Lipinski definition) is 1. The van der Waals surface area contributed by atoms with Crippen molar-refractivity contribution in [1.29, 1.82) is 0 Å². The van der Waals surface area contributed by atoms with Gasteiger partial charge in [0.1, 0.15) is 0 Å². The summed E-state index contributed by atoms with van der Waals surface area (Å²) in [5.41, 5.74) is -0.843. The summed E-state index contributed by atoms with van der Waals surface area (Å²) in [6.07, 6.45) is 15.0. The molecule has 1 fully saturated rings. The molecule has 3 nitrogen and oxygen atoms in total. The first-order valence-corrected chi connectivity index (χ1v) is 21.2. The number of carbonyl (C=O) groups excluding carboxylic acids is 1. The average molecular weight is 541 g/mol. The van der Waals surface area contributed by atoms with Crippen LogP contribution < -0.4 is 0 Å². The van der Waals surface area contributed by atoms with Gasteiger partial charge < -0.3 is 0 Å². The first-order valence-electron chi connectivity index (χ1n) is 13.2. The third-order valence-electron chi connectivity index (χ3n) is 8.34. The van der Waals surface area contributed by atoms with E-state index in [0.29, 0.717) is 18.4 Å². The van der Waals surface area contributed by atoms with E-state index in [4.69, 9.17) is 4.74 Å². The van der Waals surface area contributed by atoms with Crippen LogP contribution in [0.2, 0.25) is 17.7 Å². The molecule has 0 amide bonds. The van der Waals surface area contributed by atoms with Gasteiger partial charge in [-0.25, -0.2) is 0 Å². The van der Waals surface area contributed by atoms with Gasteiger partial charge in [0, 0.05) is 0 Å². The average Bonchev–Trinajstić information content (AvgIpc) is 2.91. The summed E-state index contributed by atoms with van der Waals surface area (Å²) in [5.74, 6) is 1.08. The van der Waals surface area contributed by atoms with Crippen molar-refractivity contribution in [3.05, 3.63) is 12.2 Å². The van der Waals surface area contributed by atoms with Crippen molar-refractivity contribution in [2.24, 2.45) is 23.2 Å². The quantitative estimate of drug-likeness (QED) is 0.142. The predicted octanol–water partition coefficient (Wildman–Crippen LogP) is 7.37. The van der Waals surface area contributed by atoms with Gasteiger partial charge in [-0.2, -0.15) is 0 Å². The molecule has 0 aromatic rings. The SMILES string of the molecule is CCC[CH2][Sn]([CH2]CCC)([CH2]CCC)[CH2][C@@H]1C[C@@]2(COC(C)=O)CC=C[C@H]1[C@H]2C(C)(C)O. The number of carbonyl (C=O) groups is 1. The van der Waals surface area contributed by atoms with E-state index in [1.165, 1.54) is 49.9 Å². The Balaban J connectivity index is 2.35. The van der Waals surface area contributed by atoms with Crippen molar-refractivity contribution in [2.75, 3.05) is 6.61 Å². The standard InChI is InChI=1S/C15H23O3.3C4H9.Sn/c1-10-8-15(9-18-11(2)16)7-5-6-12(10)13(15)14(3,4)17;3*1-3-4-2;/h5-6,10,12-13,17H,1,7-9H2,2-4H3;3*1,3-4H2,2H3;/t10-,12-,13+,15-;;;;/m1..../s1. The van der Waals surface area contributed by atoms with Gasteiger partial charge in [-0.15, -0.1) is 0 Å². The van der Waals surface area contributed by atoms with E-state index in [2.05, 4.69) is 32.9 Å². The normalized spacial score (nSPS) is 28.2. The molecule has 2 rings (SSSR count). The van der Waals surface area contributed by atoms with Crippen LogP contribution in [0.1, 0.15) is 92.9 Å². The molecule has 0 spiro atoms. The number of unbranched alkanes of at least 4 members (excludes halogenated alkanes) is 3. The van der Waals surface area contributed by atoms with Crippen LogP contribution in [-0.2, 0) is 9.53 Å². The molecule has 0 saturated heterocycles. The Morgan fingerprint density at radius 1 is 1.10 bits per heavy atom. The van der Waals surface area contributed by atoms with E-state index >= 15 is 0 Å². The van der Waals surface area contributed by atoms with Gasteiger partial charge in [-0.05, 0) is 0 Å². The van der Waals surface area contributed by atoms with Crippen LogP contribution in [0.5, 0.6) is 0 Å². The Bertz CT molecular complexity index is 572. The summed E-state index contributed by atoms with van der Waals surface area (Å²) in [6.45, 7) is 13.0. The summed E-state index contributed by atoms with van der Waals surface area (Å²) < 4.78 is 11.7.